The van der Waals surface area contributed by atoms with Gasteiger partial charge in [-0.15, -0.1) is 0 Å². The van der Waals surface area contributed by atoms with Crippen LogP contribution in [0, 0.1) is 0 Å². The molecule has 1 aromatic rings. The minimum absolute atomic E-state index is 0.392. The number of halogens is 3. The molecule has 1 fully saturated rings. The predicted molar refractivity (Wildman–Crippen MR) is 59.3 cm³/mol. The normalized spacial score (nSPS) is 26.4. The molecule has 0 saturated carbocycles. The summed E-state index contributed by atoms with van der Waals surface area (Å²) in [4.78, 5) is 0. The van der Waals surface area contributed by atoms with Gasteiger partial charge in [-0.3, -0.25) is 0 Å². The summed E-state index contributed by atoms with van der Waals surface area (Å²) in [7, 11) is 0. The molecule has 1 saturated heterocycles. The van der Waals surface area contributed by atoms with E-state index in [0.29, 0.717) is 28.6 Å². The van der Waals surface area contributed by atoms with Gasteiger partial charge in [0.2, 0.25) is 0 Å². The zero-order valence-corrected chi connectivity index (χ0v) is 9.78. The molecule has 2 rings (SSSR count). The lowest BCUT2D eigenvalue weighted by Gasteiger charge is -2.17. The minimum Gasteiger partial charge on any atom is -0.361 e. The first-order valence-corrected chi connectivity index (χ1v) is 5.59. The summed E-state index contributed by atoms with van der Waals surface area (Å²) in [6, 6.07) is 5.05. The fourth-order valence-corrected chi connectivity index (χ4v) is 2.31. The highest BCUT2D eigenvalue weighted by Gasteiger charge is 2.54. The summed E-state index contributed by atoms with van der Waals surface area (Å²) in [5.74, 6) is 0. The standard InChI is InChI=1S/C11H11Cl2FO/c1-2-10(14)11(6-15-11)8-4-3-7(12)5-9(8)13/h3-5,10H,2,6H2,1H3. The molecular formula is C11H11Cl2FO. The van der Waals surface area contributed by atoms with E-state index in [9.17, 15) is 4.39 Å². The van der Waals surface area contributed by atoms with Gasteiger partial charge in [0.25, 0.3) is 0 Å². The molecule has 82 valence electrons. The van der Waals surface area contributed by atoms with Crippen LogP contribution in [0.15, 0.2) is 18.2 Å². The van der Waals surface area contributed by atoms with Crippen LogP contribution < -0.4 is 0 Å². The second-order valence-electron chi connectivity index (χ2n) is 3.68. The lowest BCUT2D eigenvalue weighted by atomic mass is 9.93. The van der Waals surface area contributed by atoms with Crippen LogP contribution >= 0.6 is 23.2 Å². The number of alkyl halides is 1. The first kappa shape index (κ1) is 11.2. The minimum atomic E-state index is -1.02. The summed E-state index contributed by atoms with van der Waals surface area (Å²) in [5, 5.41) is 1.02. The average Bonchev–Trinajstić information content (AvgIpc) is 2.97. The third-order valence-electron chi connectivity index (χ3n) is 2.71. The van der Waals surface area contributed by atoms with Gasteiger partial charge < -0.3 is 4.74 Å². The molecule has 1 heterocycles. The summed E-state index contributed by atoms with van der Waals surface area (Å²) < 4.78 is 19.0. The fourth-order valence-electron chi connectivity index (χ4n) is 1.75. The third kappa shape index (κ3) is 1.86. The van der Waals surface area contributed by atoms with Gasteiger partial charge >= 0.3 is 0 Å². The molecule has 15 heavy (non-hydrogen) atoms. The Hall–Kier alpha value is -0.310. The van der Waals surface area contributed by atoms with Crippen molar-refractivity contribution in [3.63, 3.8) is 0 Å². The van der Waals surface area contributed by atoms with E-state index < -0.39 is 11.8 Å². The number of hydrogen-bond acceptors (Lipinski definition) is 1. The van der Waals surface area contributed by atoms with Crippen LogP contribution in [0.4, 0.5) is 4.39 Å². The molecule has 0 aliphatic carbocycles. The Kier molecular flexibility index (Phi) is 2.93. The van der Waals surface area contributed by atoms with Crippen LogP contribution in [0.25, 0.3) is 0 Å². The Morgan fingerprint density at radius 3 is 2.67 bits per heavy atom. The highest BCUT2D eigenvalue weighted by molar-refractivity contribution is 6.35. The molecule has 0 spiro atoms. The van der Waals surface area contributed by atoms with E-state index in [1.165, 1.54) is 0 Å². The summed E-state index contributed by atoms with van der Waals surface area (Å²) in [6.45, 7) is 2.18. The smallest absolute Gasteiger partial charge is 0.149 e. The number of rotatable bonds is 3. The lowest BCUT2D eigenvalue weighted by molar-refractivity contribution is 0.157. The number of benzene rings is 1. The van der Waals surface area contributed by atoms with Crippen LogP contribution in [-0.2, 0) is 10.3 Å². The van der Waals surface area contributed by atoms with Crippen molar-refractivity contribution in [3.8, 4) is 0 Å². The summed E-state index contributed by atoms with van der Waals surface area (Å²) >= 11 is 11.8. The van der Waals surface area contributed by atoms with E-state index >= 15 is 0 Å². The van der Waals surface area contributed by atoms with E-state index in [1.54, 1.807) is 25.1 Å². The Bertz CT molecular complexity index is 377. The van der Waals surface area contributed by atoms with E-state index in [4.69, 9.17) is 27.9 Å². The Morgan fingerprint density at radius 1 is 1.53 bits per heavy atom. The number of ether oxygens (including phenoxy) is 1. The SMILES string of the molecule is CCC(F)C1(c2ccc(Cl)cc2Cl)CO1. The molecular weight excluding hydrogens is 238 g/mol. The molecule has 1 aliphatic heterocycles. The monoisotopic (exact) mass is 248 g/mol. The van der Waals surface area contributed by atoms with Crippen molar-refractivity contribution < 1.29 is 9.13 Å². The van der Waals surface area contributed by atoms with Crippen molar-refractivity contribution >= 4 is 23.2 Å². The van der Waals surface area contributed by atoms with Crippen molar-refractivity contribution in [1.29, 1.82) is 0 Å². The topological polar surface area (TPSA) is 12.5 Å². The van der Waals surface area contributed by atoms with Crippen LogP contribution in [0.3, 0.4) is 0 Å². The molecule has 0 radical (unpaired) electrons. The Morgan fingerprint density at radius 2 is 2.20 bits per heavy atom. The molecule has 1 nitrogen and oxygen atoms in total. The predicted octanol–water partition coefficient (Wildman–Crippen LogP) is 3.97. The summed E-state index contributed by atoms with van der Waals surface area (Å²) in [5.41, 5.74) is -0.126. The zero-order chi connectivity index (χ0) is 11.1. The molecule has 1 aromatic carbocycles. The maximum Gasteiger partial charge on any atom is 0.149 e. The van der Waals surface area contributed by atoms with Crippen LogP contribution in [0.1, 0.15) is 18.9 Å². The summed E-state index contributed by atoms with van der Waals surface area (Å²) in [6.07, 6.45) is -0.602. The Labute approximate surface area is 98.1 Å². The van der Waals surface area contributed by atoms with Crippen molar-refractivity contribution in [2.24, 2.45) is 0 Å². The van der Waals surface area contributed by atoms with E-state index in [1.807, 2.05) is 0 Å². The fraction of sp³-hybridized carbons (Fsp3) is 0.455. The second-order valence-corrected chi connectivity index (χ2v) is 4.52. The van der Waals surface area contributed by atoms with Crippen LogP contribution in [0.2, 0.25) is 10.0 Å². The Balaban J connectivity index is 2.37. The third-order valence-corrected chi connectivity index (χ3v) is 3.25. The van der Waals surface area contributed by atoms with E-state index in [2.05, 4.69) is 0 Å². The largest absolute Gasteiger partial charge is 0.361 e. The van der Waals surface area contributed by atoms with E-state index in [0.717, 1.165) is 0 Å². The molecule has 0 aromatic heterocycles. The highest BCUT2D eigenvalue weighted by Crippen LogP contribution is 2.47. The first-order valence-electron chi connectivity index (χ1n) is 4.83. The number of hydrogen-bond donors (Lipinski definition) is 0. The van der Waals surface area contributed by atoms with Gasteiger partial charge in [0, 0.05) is 15.6 Å². The molecule has 2 atom stereocenters. The van der Waals surface area contributed by atoms with Crippen molar-refractivity contribution in [3.05, 3.63) is 33.8 Å². The van der Waals surface area contributed by atoms with Gasteiger partial charge in [-0.2, -0.15) is 0 Å². The van der Waals surface area contributed by atoms with Gasteiger partial charge in [0.1, 0.15) is 11.8 Å². The van der Waals surface area contributed by atoms with Gasteiger partial charge in [0.15, 0.2) is 0 Å². The molecule has 0 amide bonds. The van der Waals surface area contributed by atoms with Crippen molar-refractivity contribution in [1.82, 2.24) is 0 Å². The maximum absolute atomic E-state index is 13.7. The van der Waals surface area contributed by atoms with Crippen molar-refractivity contribution in [2.45, 2.75) is 25.1 Å². The molecule has 4 heteroatoms. The van der Waals surface area contributed by atoms with Crippen molar-refractivity contribution in [2.75, 3.05) is 6.61 Å². The molecule has 2 unspecified atom stereocenters. The lowest BCUT2D eigenvalue weighted by Crippen LogP contribution is -2.23. The van der Waals surface area contributed by atoms with Gasteiger partial charge in [0.05, 0.1) is 6.61 Å². The second kappa shape index (κ2) is 3.93. The van der Waals surface area contributed by atoms with Gasteiger partial charge in [-0.25, -0.2) is 4.39 Å². The number of epoxide rings is 1. The first-order chi connectivity index (χ1) is 7.10. The highest BCUT2D eigenvalue weighted by atomic mass is 35.5. The average molecular weight is 249 g/mol. The zero-order valence-electron chi connectivity index (χ0n) is 8.27. The van der Waals surface area contributed by atoms with Gasteiger partial charge in [-0.05, 0) is 18.6 Å². The van der Waals surface area contributed by atoms with Gasteiger partial charge in [-0.1, -0.05) is 36.2 Å². The maximum atomic E-state index is 13.7. The van der Waals surface area contributed by atoms with Crippen LogP contribution in [0.5, 0.6) is 0 Å². The quantitative estimate of drug-likeness (QED) is 0.738. The van der Waals surface area contributed by atoms with Crippen LogP contribution in [-0.4, -0.2) is 12.8 Å². The molecule has 0 bridgehead atoms. The molecule has 1 aliphatic rings. The molecule has 0 N–H and O–H groups in total. The van der Waals surface area contributed by atoms with E-state index in [-0.39, 0.29) is 0 Å².